The van der Waals surface area contributed by atoms with E-state index >= 15 is 0 Å². The fourth-order valence-electron chi connectivity index (χ4n) is 4.14. The molecule has 156 valence electrons. The second-order valence-corrected chi connectivity index (χ2v) is 8.51. The lowest BCUT2D eigenvalue weighted by molar-refractivity contribution is 0.277. The van der Waals surface area contributed by atoms with Crippen molar-refractivity contribution in [3.8, 4) is 11.3 Å². The molecule has 3 aromatic heterocycles. The molecule has 0 amide bonds. The van der Waals surface area contributed by atoms with Crippen LogP contribution in [0.3, 0.4) is 0 Å². The van der Waals surface area contributed by atoms with Crippen LogP contribution in [0.25, 0.3) is 11.3 Å². The summed E-state index contributed by atoms with van der Waals surface area (Å²) in [5, 5.41) is 3.99. The maximum absolute atomic E-state index is 6.49. The molecule has 0 spiro atoms. The van der Waals surface area contributed by atoms with Gasteiger partial charge in [0.05, 0.1) is 10.7 Å². The van der Waals surface area contributed by atoms with Crippen LogP contribution in [0.5, 0.6) is 0 Å². The fraction of sp³-hybridized carbons (Fsp3) is 0.375. The van der Waals surface area contributed by atoms with Gasteiger partial charge >= 0.3 is 0 Å². The zero-order valence-electron chi connectivity index (χ0n) is 17.1. The molecule has 3 N–H and O–H groups in total. The molecule has 0 aromatic carbocycles. The minimum atomic E-state index is 0.627. The Morgan fingerprint density at radius 2 is 1.87 bits per heavy atom. The average molecular weight is 422 g/mol. The van der Waals surface area contributed by atoms with Gasteiger partial charge in [-0.05, 0) is 80.3 Å². The van der Waals surface area contributed by atoms with Gasteiger partial charge < -0.3 is 11.1 Å². The van der Waals surface area contributed by atoms with E-state index in [0.717, 1.165) is 41.3 Å². The lowest BCUT2D eigenvalue weighted by Gasteiger charge is -2.27. The number of nitrogens with zero attached hydrogens (tertiary/aromatic N) is 3. The Balaban J connectivity index is 1.46. The summed E-state index contributed by atoms with van der Waals surface area (Å²) in [6.07, 6.45) is 11.3. The van der Waals surface area contributed by atoms with Crippen LogP contribution in [-0.4, -0.2) is 21.5 Å². The van der Waals surface area contributed by atoms with Crippen LogP contribution in [0.2, 0.25) is 5.02 Å². The van der Waals surface area contributed by atoms with E-state index in [4.69, 9.17) is 22.3 Å². The number of nitrogens with two attached hydrogens (primary N) is 1. The van der Waals surface area contributed by atoms with Crippen LogP contribution >= 0.6 is 11.6 Å². The number of anilines is 1. The highest BCUT2D eigenvalue weighted by Crippen LogP contribution is 2.32. The average Bonchev–Trinajstić information content (AvgIpc) is 2.80. The molecule has 3 heterocycles. The summed E-state index contributed by atoms with van der Waals surface area (Å²) in [5.74, 6) is 2.18. The quantitative estimate of drug-likeness (QED) is 0.554. The molecule has 0 aliphatic heterocycles. The van der Waals surface area contributed by atoms with E-state index in [1.807, 2.05) is 36.5 Å². The topological polar surface area (TPSA) is 76.7 Å². The number of rotatable bonds is 7. The summed E-state index contributed by atoms with van der Waals surface area (Å²) < 4.78 is 0. The summed E-state index contributed by atoms with van der Waals surface area (Å²) >= 11 is 6.49. The highest BCUT2D eigenvalue weighted by atomic mass is 35.5. The summed E-state index contributed by atoms with van der Waals surface area (Å²) in [6.45, 7) is 1.48. The molecule has 0 unspecified atom stereocenters. The molecule has 0 saturated heterocycles. The zero-order chi connectivity index (χ0) is 20.8. The van der Waals surface area contributed by atoms with E-state index in [1.165, 1.54) is 25.7 Å². The van der Waals surface area contributed by atoms with Crippen molar-refractivity contribution in [2.24, 2.45) is 17.6 Å². The number of hydrogen-bond acceptors (Lipinski definition) is 5. The van der Waals surface area contributed by atoms with Gasteiger partial charge in [0.15, 0.2) is 0 Å². The Bertz CT molecular complexity index is 955. The first-order valence-electron chi connectivity index (χ1n) is 10.7. The molecular formula is C24H28ClN5. The van der Waals surface area contributed by atoms with Crippen LogP contribution in [0.1, 0.15) is 36.9 Å². The van der Waals surface area contributed by atoms with Crippen LogP contribution in [0.4, 0.5) is 5.82 Å². The standard InChI is InChI=1S/C24H28ClN5/c25-22-16-28-20(11-17-6-8-18(13-26)9-7-17)12-21(22)23-4-1-5-24(30-23)29-15-19-3-2-10-27-14-19/h1-5,10,12,14,16-18H,6-9,11,13,15,26H2,(H,29,30). The van der Waals surface area contributed by atoms with Gasteiger partial charge in [-0.2, -0.15) is 0 Å². The lowest BCUT2D eigenvalue weighted by atomic mass is 9.80. The smallest absolute Gasteiger partial charge is 0.126 e. The van der Waals surface area contributed by atoms with Crippen molar-refractivity contribution in [3.05, 3.63) is 71.3 Å². The van der Waals surface area contributed by atoms with Crippen LogP contribution < -0.4 is 11.1 Å². The number of nitrogens with one attached hydrogen (secondary N) is 1. The highest BCUT2D eigenvalue weighted by molar-refractivity contribution is 6.33. The van der Waals surface area contributed by atoms with Crippen LogP contribution in [0.15, 0.2) is 55.0 Å². The minimum Gasteiger partial charge on any atom is -0.366 e. The second kappa shape index (κ2) is 10.0. The van der Waals surface area contributed by atoms with E-state index in [9.17, 15) is 0 Å². The van der Waals surface area contributed by atoms with Gasteiger partial charge in [-0.3, -0.25) is 9.97 Å². The van der Waals surface area contributed by atoms with Crippen molar-refractivity contribution in [1.29, 1.82) is 0 Å². The molecule has 0 atom stereocenters. The Kier molecular flexibility index (Phi) is 6.92. The Hall–Kier alpha value is -2.50. The first-order chi connectivity index (χ1) is 14.7. The van der Waals surface area contributed by atoms with Gasteiger partial charge in [0, 0.05) is 36.4 Å². The van der Waals surface area contributed by atoms with E-state index in [0.29, 0.717) is 23.4 Å². The molecule has 1 fully saturated rings. The van der Waals surface area contributed by atoms with Gasteiger partial charge in [0.25, 0.3) is 0 Å². The molecule has 30 heavy (non-hydrogen) atoms. The third-order valence-corrected chi connectivity index (χ3v) is 6.23. The van der Waals surface area contributed by atoms with Crippen molar-refractivity contribution < 1.29 is 0 Å². The third kappa shape index (κ3) is 5.35. The molecule has 3 aromatic rings. The molecule has 1 aliphatic carbocycles. The van der Waals surface area contributed by atoms with Gasteiger partial charge in [-0.15, -0.1) is 0 Å². The van der Waals surface area contributed by atoms with E-state index in [-0.39, 0.29) is 0 Å². The van der Waals surface area contributed by atoms with Crippen LogP contribution in [-0.2, 0) is 13.0 Å². The number of aromatic nitrogens is 3. The largest absolute Gasteiger partial charge is 0.366 e. The van der Waals surface area contributed by atoms with Gasteiger partial charge in [-0.25, -0.2) is 4.98 Å². The van der Waals surface area contributed by atoms with E-state index in [1.54, 1.807) is 12.4 Å². The SMILES string of the molecule is NCC1CCC(Cc2cc(-c3cccc(NCc4cccnc4)n3)c(Cl)cn2)CC1. The van der Waals surface area contributed by atoms with E-state index in [2.05, 4.69) is 21.4 Å². The summed E-state index contributed by atoms with van der Waals surface area (Å²) in [7, 11) is 0. The molecular weight excluding hydrogens is 394 g/mol. The maximum atomic E-state index is 6.49. The Morgan fingerprint density at radius 1 is 1.03 bits per heavy atom. The summed E-state index contributed by atoms with van der Waals surface area (Å²) in [6, 6.07) is 12.0. The molecule has 0 bridgehead atoms. The Morgan fingerprint density at radius 3 is 2.63 bits per heavy atom. The normalized spacial score (nSPS) is 18.9. The third-order valence-electron chi connectivity index (χ3n) is 5.93. The number of halogens is 1. The van der Waals surface area contributed by atoms with Crippen molar-refractivity contribution >= 4 is 17.4 Å². The van der Waals surface area contributed by atoms with Crippen molar-refractivity contribution in [2.75, 3.05) is 11.9 Å². The highest BCUT2D eigenvalue weighted by Gasteiger charge is 2.21. The molecule has 5 nitrogen and oxygen atoms in total. The first kappa shape index (κ1) is 20.8. The first-order valence-corrected chi connectivity index (χ1v) is 11.0. The Labute approximate surface area is 183 Å². The van der Waals surface area contributed by atoms with E-state index < -0.39 is 0 Å². The maximum Gasteiger partial charge on any atom is 0.126 e. The van der Waals surface area contributed by atoms with Gasteiger partial charge in [0.2, 0.25) is 0 Å². The molecule has 0 radical (unpaired) electrons. The van der Waals surface area contributed by atoms with Gasteiger partial charge in [0.1, 0.15) is 5.82 Å². The van der Waals surface area contributed by atoms with Gasteiger partial charge in [-0.1, -0.05) is 23.7 Å². The lowest BCUT2D eigenvalue weighted by Crippen LogP contribution is -2.22. The van der Waals surface area contributed by atoms with Crippen molar-refractivity contribution in [1.82, 2.24) is 15.0 Å². The predicted molar refractivity (Wildman–Crippen MR) is 122 cm³/mol. The second-order valence-electron chi connectivity index (χ2n) is 8.10. The monoisotopic (exact) mass is 421 g/mol. The molecule has 1 saturated carbocycles. The summed E-state index contributed by atoms with van der Waals surface area (Å²) in [4.78, 5) is 13.5. The zero-order valence-corrected chi connectivity index (χ0v) is 17.9. The van der Waals surface area contributed by atoms with Crippen LogP contribution in [0, 0.1) is 11.8 Å². The molecule has 6 heteroatoms. The summed E-state index contributed by atoms with van der Waals surface area (Å²) in [5.41, 5.74) is 9.81. The number of hydrogen-bond donors (Lipinski definition) is 2. The van der Waals surface area contributed by atoms with Crippen molar-refractivity contribution in [2.45, 2.75) is 38.6 Å². The minimum absolute atomic E-state index is 0.627. The van der Waals surface area contributed by atoms with Crippen molar-refractivity contribution in [3.63, 3.8) is 0 Å². The molecule has 4 rings (SSSR count). The molecule has 1 aliphatic rings. The predicted octanol–water partition coefficient (Wildman–Crippen LogP) is 5.11. The fourth-order valence-corrected chi connectivity index (χ4v) is 4.34. The number of pyridine rings is 3.